The Labute approximate surface area is 110 Å². The van der Waals surface area contributed by atoms with E-state index in [-0.39, 0.29) is 6.10 Å². The molecule has 4 aliphatic carbocycles. The van der Waals surface area contributed by atoms with Gasteiger partial charge in [0.2, 0.25) is 0 Å². The fraction of sp³-hybridized carbons (Fsp3) is 1.00. The molecular weight excluding hydrogens is 224 g/mol. The van der Waals surface area contributed by atoms with Gasteiger partial charge in [0.25, 0.3) is 0 Å². The molecule has 0 aromatic carbocycles. The van der Waals surface area contributed by atoms with E-state index in [1.807, 2.05) is 0 Å². The Morgan fingerprint density at radius 1 is 0.944 bits per heavy atom. The van der Waals surface area contributed by atoms with E-state index in [1.165, 1.54) is 38.5 Å². The molecule has 0 aromatic heterocycles. The van der Waals surface area contributed by atoms with Crippen LogP contribution in [0, 0.1) is 35.5 Å². The molecule has 5 fully saturated rings. The predicted molar refractivity (Wildman–Crippen MR) is 70.1 cm³/mol. The third kappa shape index (κ3) is 1.84. The fourth-order valence-corrected chi connectivity index (χ4v) is 5.87. The minimum absolute atomic E-state index is 0.0692. The highest BCUT2D eigenvalue weighted by molar-refractivity contribution is 5.01. The molecule has 0 amide bonds. The van der Waals surface area contributed by atoms with E-state index in [4.69, 9.17) is 4.74 Å². The highest BCUT2D eigenvalue weighted by atomic mass is 16.5. The first kappa shape index (κ1) is 11.7. The molecule has 0 spiro atoms. The Morgan fingerprint density at radius 3 is 2.17 bits per heavy atom. The summed E-state index contributed by atoms with van der Waals surface area (Å²) in [5, 5.41) is 10.8. The second kappa shape index (κ2) is 4.49. The maximum atomic E-state index is 10.8. The molecule has 102 valence electrons. The SMILES string of the molecule is OC(C1CCCOC1)C1C2CC3CC(C2)CC1C3. The van der Waals surface area contributed by atoms with Crippen molar-refractivity contribution in [1.82, 2.24) is 0 Å². The van der Waals surface area contributed by atoms with Gasteiger partial charge in [-0.1, -0.05) is 0 Å². The van der Waals surface area contributed by atoms with Crippen LogP contribution in [0.2, 0.25) is 0 Å². The monoisotopic (exact) mass is 250 g/mol. The molecule has 0 radical (unpaired) electrons. The van der Waals surface area contributed by atoms with Crippen LogP contribution in [0.5, 0.6) is 0 Å². The van der Waals surface area contributed by atoms with Crippen molar-refractivity contribution in [2.45, 2.75) is 51.0 Å². The Morgan fingerprint density at radius 2 is 1.61 bits per heavy atom. The largest absolute Gasteiger partial charge is 0.392 e. The summed E-state index contributed by atoms with van der Waals surface area (Å²) in [5.41, 5.74) is 0. The zero-order valence-electron chi connectivity index (χ0n) is 11.3. The Kier molecular flexibility index (Phi) is 2.92. The zero-order valence-corrected chi connectivity index (χ0v) is 11.3. The summed E-state index contributed by atoms with van der Waals surface area (Å²) >= 11 is 0. The van der Waals surface area contributed by atoms with Crippen LogP contribution in [0.25, 0.3) is 0 Å². The van der Waals surface area contributed by atoms with Crippen molar-refractivity contribution in [2.75, 3.05) is 13.2 Å². The van der Waals surface area contributed by atoms with Crippen LogP contribution in [0.1, 0.15) is 44.9 Å². The van der Waals surface area contributed by atoms with Gasteiger partial charge in [-0.25, -0.2) is 0 Å². The molecule has 1 heterocycles. The molecule has 5 rings (SSSR count). The normalized spacial score (nSPS) is 52.5. The third-order valence-corrected chi connectivity index (χ3v) is 6.37. The minimum atomic E-state index is -0.0692. The maximum absolute atomic E-state index is 10.8. The van der Waals surface area contributed by atoms with Crippen molar-refractivity contribution >= 4 is 0 Å². The first-order chi connectivity index (χ1) is 8.81. The average molecular weight is 250 g/mol. The number of rotatable bonds is 2. The van der Waals surface area contributed by atoms with Gasteiger partial charge in [0.15, 0.2) is 0 Å². The molecule has 4 saturated carbocycles. The average Bonchev–Trinajstić information content (AvgIpc) is 2.38. The van der Waals surface area contributed by atoms with Crippen molar-refractivity contribution in [2.24, 2.45) is 35.5 Å². The molecule has 2 unspecified atom stereocenters. The summed E-state index contributed by atoms with van der Waals surface area (Å²) in [6.07, 6.45) is 9.44. The van der Waals surface area contributed by atoms with Crippen molar-refractivity contribution < 1.29 is 9.84 Å². The molecule has 5 aliphatic rings. The van der Waals surface area contributed by atoms with Gasteiger partial charge in [-0.2, -0.15) is 0 Å². The molecule has 4 bridgehead atoms. The van der Waals surface area contributed by atoms with E-state index >= 15 is 0 Å². The smallest absolute Gasteiger partial charge is 0.0623 e. The lowest BCUT2D eigenvalue weighted by atomic mass is 9.50. The topological polar surface area (TPSA) is 29.5 Å². The summed E-state index contributed by atoms with van der Waals surface area (Å²) in [7, 11) is 0. The molecule has 1 aliphatic heterocycles. The minimum Gasteiger partial charge on any atom is -0.392 e. The van der Waals surface area contributed by atoms with Crippen LogP contribution < -0.4 is 0 Å². The Balaban J connectivity index is 1.50. The van der Waals surface area contributed by atoms with Gasteiger partial charge < -0.3 is 9.84 Å². The van der Waals surface area contributed by atoms with Crippen LogP contribution in [-0.2, 0) is 4.74 Å². The van der Waals surface area contributed by atoms with E-state index in [1.54, 1.807) is 0 Å². The van der Waals surface area contributed by atoms with Crippen molar-refractivity contribution in [3.8, 4) is 0 Å². The van der Waals surface area contributed by atoms with E-state index in [0.29, 0.717) is 11.8 Å². The highest BCUT2D eigenvalue weighted by Gasteiger charge is 2.51. The standard InChI is InChI=1S/C16H26O2/c17-16(12-2-1-3-18-9-12)15-13-5-10-4-11(7-13)8-14(15)6-10/h10-17H,1-9H2. The lowest BCUT2D eigenvalue weighted by molar-refractivity contribution is -0.122. The number of hydrogen-bond acceptors (Lipinski definition) is 2. The number of aliphatic hydroxyl groups excluding tert-OH is 1. The van der Waals surface area contributed by atoms with E-state index in [9.17, 15) is 5.11 Å². The third-order valence-electron chi connectivity index (χ3n) is 6.37. The van der Waals surface area contributed by atoms with Crippen LogP contribution in [0.4, 0.5) is 0 Å². The van der Waals surface area contributed by atoms with Crippen molar-refractivity contribution in [3.63, 3.8) is 0 Å². The van der Waals surface area contributed by atoms with Gasteiger partial charge in [-0.05, 0) is 74.5 Å². The van der Waals surface area contributed by atoms with Gasteiger partial charge in [0.1, 0.15) is 0 Å². The Hall–Kier alpha value is -0.0800. The quantitative estimate of drug-likeness (QED) is 0.816. The first-order valence-electron chi connectivity index (χ1n) is 8.07. The summed E-state index contributed by atoms with van der Waals surface area (Å²) in [4.78, 5) is 0. The van der Waals surface area contributed by atoms with Crippen LogP contribution in [0.15, 0.2) is 0 Å². The van der Waals surface area contributed by atoms with Crippen molar-refractivity contribution in [1.29, 1.82) is 0 Å². The fourth-order valence-electron chi connectivity index (χ4n) is 5.87. The van der Waals surface area contributed by atoms with E-state index < -0.39 is 0 Å². The Bertz CT molecular complexity index is 280. The summed E-state index contributed by atoms with van der Waals surface area (Å²) in [6, 6.07) is 0. The molecule has 0 aromatic rings. The number of aliphatic hydroxyl groups is 1. The zero-order chi connectivity index (χ0) is 12.1. The number of ether oxygens (including phenoxy) is 1. The molecule has 2 heteroatoms. The lowest BCUT2D eigenvalue weighted by Crippen LogP contribution is -2.51. The van der Waals surface area contributed by atoms with Gasteiger partial charge in [0.05, 0.1) is 12.7 Å². The summed E-state index contributed by atoms with van der Waals surface area (Å²) in [5.74, 6) is 4.76. The molecular formula is C16H26O2. The van der Waals surface area contributed by atoms with E-state index in [2.05, 4.69) is 0 Å². The van der Waals surface area contributed by atoms with Gasteiger partial charge in [0, 0.05) is 12.5 Å². The van der Waals surface area contributed by atoms with Crippen LogP contribution in [0.3, 0.4) is 0 Å². The molecule has 2 atom stereocenters. The second-order valence-electron chi connectivity index (χ2n) is 7.48. The lowest BCUT2D eigenvalue weighted by Gasteiger charge is -2.56. The second-order valence-corrected chi connectivity index (χ2v) is 7.48. The molecule has 1 saturated heterocycles. The summed E-state index contributed by atoms with van der Waals surface area (Å²) < 4.78 is 5.59. The van der Waals surface area contributed by atoms with Crippen molar-refractivity contribution in [3.05, 3.63) is 0 Å². The first-order valence-corrected chi connectivity index (χ1v) is 8.07. The highest BCUT2D eigenvalue weighted by Crippen LogP contribution is 2.58. The number of hydrogen-bond donors (Lipinski definition) is 1. The molecule has 2 nitrogen and oxygen atoms in total. The van der Waals surface area contributed by atoms with E-state index in [0.717, 1.165) is 43.3 Å². The molecule has 18 heavy (non-hydrogen) atoms. The van der Waals surface area contributed by atoms with Gasteiger partial charge >= 0.3 is 0 Å². The van der Waals surface area contributed by atoms with Gasteiger partial charge in [-0.15, -0.1) is 0 Å². The predicted octanol–water partition coefficient (Wildman–Crippen LogP) is 2.85. The van der Waals surface area contributed by atoms with Crippen LogP contribution >= 0.6 is 0 Å². The maximum Gasteiger partial charge on any atom is 0.0623 e. The van der Waals surface area contributed by atoms with Gasteiger partial charge in [-0.3, -0.25) is 0 Å². The molecule has 1 N–H and O–H groups in total. The van der Waals surface area contributed by atoms with Crippen LogP contribution in [-0.4, -0.2) is 24.4 Å². The summed E-state index contributed by atoms with van der Waals surface area (Å²) in [6.45, 7) is 1.72.